The number of hydrogen-bond donors (Lipinski definition) is 1. The quantitative estimate of drug-likeness (QED) is 0.873. The van der Waals surface area contributed by atoms with Gasteiger partial charge in [-0.2, -0.15) is 0 Å². The Bertz CT molecular complexity index is 433. The number of ether oxygens (including phenoxy) is 1. The minimum atomic E-state index is 0.371. The van der Waals surface area contributed by atoms with Gasteiger partial charge in [0.1, 0.15) is 5.75 Å². The van der Waals surface area contributed by atoms with Gasteiger partial charge in [-0.05, 0) is 48.8 Å². The lowest BCUT2D eigenvalue weighted by atomic mass is 10.0. The molecular formula is C18H28N2O. The number of benzene rings is 1. The van der Waals surface area contributed by atoms with Crippen molar-refractivity contribution in [1.29, 1.82) is 0 Å². The number of fused-ring (bicyclic) bond motifs is 1. The molecule has 1 saturated carbocycles. The molecular weight excluding hydrogens is 260 g/mol. The molecule has 1 aliphatic carbocycles. The lowest BCUT2D eigenvalue weighted by molar-refractivity contribution is 0.231. The summed E-state index contributed by atoms with van der Waals surface area (Å²) >= 11 is 0. The van der Waals surface area contributed by atoms with Gasteiger partial charge in [-0.25, -0.2) is 0 Å². The van der Waals surface area contributed by atoms with E-state index in [2.05, 4.69) is 36.1 Å². The smallest absolute Gasteiger partial charge is 0.119 e. The molecule has 1 heterocycles. The molecule has 1 saturated heterocycles. The maximum atomic E-state index is 6.08. The molecule has 1 aliphatic heterocycles. The Labute approximate surface area is 128 Å². The van der Waals surface area contributed by atoms with Crippen LogP contribution >= 0.6 is 0 Å². The highest BCUT2D eigenvalue weighted by Crippen LogP contribution is 2.40. The van der Waals surface area contributed by atoms with Crippen molar-refractivity contribution in [2.75, 3.05) is 26.2 Å². The molecule has 2 fully saturated rings. The van der Waals surface area contributed by atoms with E-state index >= 15 is 0 Å². The van der Waals surface area contributed by atoms with Gasteiger partial charge in [0, 0.05) is 25.7 Å². The SMILES string of the molecule is CCCOc1ccc(C(CN)N2CC3CCCC3C2)cc1. The molecule has 2 N–H and O–H groups in total. The van der Waals surface area contributed by atoms with E-state index in [9.17, 15) is 0 Å². The average Bonchev–Trinajstić information content (AvgIpc) is 3.09. The van der Waals surface area contributed by atoms with Crippen molar-refractivity contribution in [3.63, 3.8) is 0 Å². The number of nitrogens with zero attached hydrogens (tertiary/aromatic N) is 1. The third-order valence-electron chi connectivity index (χ3n) is 5.16. The van der Waals surface area contributed by atoms with Crippen LogP contribution in [0, 0.1) is 11.8 Å². The van der Waals surface area contributed by atoms with Gasteiger partial charge >= 0.3 is 0 Å². The van der Waals surface area contributed by atoms with Gasteiger partial charge in [-0.1, -0.05) is 25.5 Å². The fourth-order valence-electron chi connectivity index (χ4n) is 4.03. The summed E-state index contributed by atoms with van der Waals surface area (Å²) < 4.78 is 5.66. The molecule has 1 aromatic carbocycles. The van der Waals surface area contributed by atoms with E-state index in [1.165, 1.54) is 37.9 Å². The van der Waals surface area contributed by atoms with Gasteiger partial charge in [0.2, 0.25) is 0 Å². The standard InChI is InChI=1S/C18H28N2O/c1-2-10-21-17-8-6-14(7-9-17)18(11-19)20-12-15-4-3-5-16(15)13-20/h6-9,15-16,18H,2-5,10-13,19H2,1H3. The average molecular weight is 288 g/mol. The van der Waals surface area contributed by atoms with E-state index < -0.39 is 0 Å². The summed E-state index contributed by atoms with van der Waals surface area (Å²) in [5.41, 5.74) is 7.41. The second kappa shape index (κ2) is 6.80. The summed E-state index contributed by atoms with van der Waals surface area (Å²) in [6.07, 6.45) is 5.31. The Hall–Kier alpha value is -1.06. The van der Waals surface area contributed by atoms with Gasteiger partial charge in [-0.3, -0.25) is 4.90 Å². The highest BCUT2D eigenvalue weighted by Gasteiger charge is 2.38. The normalized spacial score (nSPS) is 26.8. The van der Waals surface area contributed by atoms with Crippen molar-refractivity contribution in [2.45, 2.75) is 38.6 Å². The van der Waals surface area contributed by atoms with Crippen molar-refractivity contribution < 1.29 is 4.74 Å². The van der Waals surface area contributed by atoms with Crippen LogP contribution in [0.25, 0.3) is 0 Å². The maximum Gasteiger partial charge on any atom is 0.119 e. The van der Waals surface area contributed by atoms with Crippen molar-refractivity contribution in [3.05, 3.63) is 29.8 Å². The predicted molar refractivity (Wildman–Crippen MR) is 86.4 cm³/mol. The van der Waals surface area contributed by atoms with Crippen molar-refractivity contribution in [2.24, 2.45) is 17.6 Å². The molecule has 2 aliphatic rings. The van der Waals surface area contributed by atoms with Gasteiger partial charge in [0.15, 0.2) is 0 Å². The molecule has 0 radical (unpaired) electrons. The molecule has 21 heavy (non-hydrogen) atoms. The molecule has 3 unspecified atom stereocenters. The van der Waals surface area contributed by atoms with Crippen LogP contribution in [0.3, 0.4) is 0 Å². The summed E-state index contributed by atoms with van der Waals surface area (Å²) in [6, 6.07) is 8.93. The van der Waals surface area contributed by atoms with E-state index in [0.29, 0.717) is 12.6 Å². The Morgan fingerprint density at radius 1 is 1.19 bits per heavy atom. The van der Waals surface area contributed by atoms with Crippen LogP contribution in [0.15, 0.2) is 24.3 Å². The summed E-state index contributed by atoms with van der Waals surface area (Å²) in [5.74, 6) is 2.81. The molecule has 3 rings (SSSR count). The van der Waals surface area contributed by atoms with Crippen LogP contribution in [-0.2, 0) is 0 Å². The van der Waals surface area contributed by atoms with E-state index in [0.717, 1.165) is 30.6 Å². The molecule has 0 spiro atoms. The van der Waals surface area contributed by atoms with Crippen molar-refractivity contribution in [1.82, 2.24) is 4.90 Å². The molecule has 0 aromatic heterocycles. The first kappa shape index (κ1) is 14.9. The highest BCUT2D eigenvalue weighted by molar-refractivity contribution is 5.29. The summed E-state index contributed by atoms with van der Waals surface area (Å²) in [6.45, 7) is 6.09. The second-order valence-corrected chi connectivity index (χ2v) is 6.57. The number of nitrogens with two attached hydrogens (primary N) is 1. The largest absolute Gasteiger partial charge is 0.494 e. The first-order valence-electron chi connectivity index (χ1n) is 8.48. The molecule has 0 bridgehead atoms. The number of likely N-dealkylation sites (tertiary alicyclic amines) is 1. The van der Waals surface area contributed by atoms with Crippen LogP contribution in [0.1, 0.15) is 44.2 Å². The van der Waals surface area contributed by atoms with Gasteiger partial charge in [0.25, 0.3) is 0 Å². The van der Waals surface area contributed by atoms with Gasteiger partial charge in [-0.15, -0.1) is 0 Å². The predicted octanol–water partition coefficient (Wildman–Crippen LogP) is 3.21. The third-order valence-corrected chi connectivity index (χ3v) is 5.16. The molecule has 1 aromatic rings. The fraction of sp³-hybridized carbons (Fsp3) is 0.667. The molecule has 3 nitrogen and oxygen atoms in total. The summed E-state index contributed by atoms with van der Waals surface area (Å²) in [4.78, 5) is 2.61. The Morgan fingerprint density at radius 2 is 1.86 bits per heavy atom. The fourth-order valence-corrected chi connectivity index (χ4v) is 4.03. The lowest BCUT2D eigenvalue weighted by Gasteiger charge is -2.28. The van der Waals surface area contributed by atoms with Crippen LogP contribution in [-0.4, -0.2) is 31.1 Å². The summed E-state index contributed by atoms with van der Waals surface area (Å²) in [7, 11) is 0. The van der Waals surface area contributed by atoms with Crippen LogP contribution in [0.2, 0.25) is 0 Å². The van der Waals surface area contributed by atoms with Crippen LogP contribution in [0.4, 0.5) is 0 Å². The van der Waals surface area contributed by atoms with E-state index in [1.807, 2.05) is 0 Å². The molecule has 3 atom stereocenters. The zero-order valence-corrected chi connectivity index (χ0v) is 13.1. The zero-order chi connectivity index (χ0) is 14.7. The van der Waals surface area contributed by atoms with Gasteiger partial charge in [0.05, 0.1) is 6.61 Å². The monoisotopic (exact) mass is 288 g/mol. The number of rotatable bonds is 6. The van der Waals surface area contributed by atoms with Gasteiger partial charge < -0.3 is 10.5 Å². The van der Waals surface area contributed by atoms with Crippen LogP contribution < -0.4 is 10.5 Å². The Kier molecular flexibility index (Phi) is 4.81. The minimum Gasteiger partial charge on any atom is -0.494 e. The number of hydrogen-bond acceptors (Lipinski definition) is 3. The van der Waals surface area contributed by atoms with Crippen molar-refractivity contribution >= 4 is 0 Å². The molecule has 116 valence electrons. The molecule has 3 heteroatoms. The Morgan fingerprint density at radius 3 is 2.43 bits per heavy atom. The zero-order valence-electron chi connectivity index (χ0n) is 13.1. The van der Waals surface area contributed by atoms with E-state index in [-0.39, 0.29) is 0 Å². The van der Waals surface area contributed by atoms with Crippen molar-refractivity contribution in [3.8, 4) is 5.75 Å². The van der Waals surface area contributed by atoms with Crippen LogP contribution in [0.5, 0.6) is 5.75 Å². The maximum absolute atomic E-state index is 6.08. The lowest BCUT2D eigenvalue weighted by Crippen LogP contribution is -2.32. The summed E-state index contributed by atoms with van der Waals surface area (Å²) in [5, 5.41) is 0. The first-order chi connectivity index (χ1) is 10.3. The third kappa shape index (κ3) is 3.24. The van der Waals surface area contributed by atoms with E-state index in [4.69, 9.17) is 10.5 Å². The molecule has 0 amide bonds. The second-order valence-electron chi connectivity index (χ2n) is 6.57. The minimum absolute atomic E-state index is 0.371. The first-order valence-corrected chi connectivity index (χ1v) is 8.48. The Balaban J connectivity index is 1.65. The topological polar surface area (TPSA) is 38.5 Å². The van der Waals surface area contributed by atoms with E-state index in [1.54, 1.807) is 0 Å². The highest BCUT2D eigenvalue weighted by atomic mass is 16.5.